The van der Waals surface area contributed by atoms with Gasteiger partial charge < -0.3 is 14.2 Å². The highest BCUT2D eigenvalue weighted by atomic mass is 16.5. The van der Waals surface area contributed by atoms with Crippen LogP contribution in [-0.4, -0.2) is 50.3 Å². The lowest BCUT2D eigenvalue weighted by Gasteiger charge is -2.16. The summed E-state index contributed by atoms with van der Waals surface area (Å²) < 4.78 is 16.8. The Morgan fingerprint density at radius 2 is 1.53 bits per heavy atom. The highest BCUT2D eigenvalue weighted by molar-refractivity contribution is 5.68. The molecule has 1 aliphatic heterocycles. The normalized spacial score (nSPS) is 13.9. The van der Waals surface area contributed by atoms with Gasteiger partial charge in [-0.05, 0) is 67.9 Å². The Hall–Kier alpha value is -3.05. The smallest absolute Gasteiger partial charge is 0.161 e. The van der Waals surface area contributed by atoms with Crippen molar-refractivity contribution in [3.8, 4) is 39.6 Å². The van der Waals surface area contributed by atoms with E-state index in [1.165, 1.54) is 25.9 Å². The van der Waals surface area contributed by atoms with Gasteiger partial charge in [0.05, 0.1) is 19.9 Å². The summed E-state index contributed by atoms with van der Waals surface area (Å²) in [5, 5.41) is 0. The minimum Gasteiger partial charge on any atom is -0.497 e. The molecule has 0 bridgehead atoms. The summed E-state index contributed by atoms with van der Waals surface area (Å²) in [5.74, 6) is 2.35. The van der Waals surface area contributed by atoms with E-state index in [0.717, 1.165) is 46.2 Å². The van der Waals surface area contributed by atoms with E-state index >= 15 is 0 Å². The van der Waals surface area contributed by atoms with Gasteiger partial charge in [0.1, 0.15) is 12.4 Å². The van der Waals surface area contributed by atoms with Crippen molar-refractivity contribution in [2.24, 2.45) is 0 Å². The van der Waals surface area contributed by atoms with Crippen LogP contribution in [0.25, 0.3) is 22.4 Å². The summed E-state index contributed by atoms with van der Waals surface area (Å²) >= 11 is 0. The maximum absolute atomic E-state index is 5.98. The SMILES string of the molecule is COc1ccc(-c2ccc(-c3ccc(OCCN4CCCC4)c(OC)c3)nc2)cc1. The molecule has 2 aromatic carbocycles. The molecule has 0 unspecified atom stereocenters. The number of methoxy groups -OCH3 is 2. The molecular formula is C25H28N2O3. The zero-order valence-electron chi connectivity index (χ0n) is 17.6. The first-order valence-electron chi connectivity index (χ1n) is 10.4. The number of rotatable bonds is 8. The Labute approximate surface area is 178 Å². The number of pyridine rings is 1. The zero-order valence-corrected chi connectivity index (χ0v) is 17.6. The predicted molar refractivity (Wildman–Crippen MR) is 119 cm³/mol. The fourth-order valence-electron chi connectivity index (χ4n) is 3.76. The predicted octanol–water partition coefficient (Wildman–Crippen LogP) is 4.91. The van der Waals surface area contributed by atoms with Crippen molar-refractivity contribution >= 4 is 0 Å². The molecule has 5 nitrogen and oxygen atoms in total. The molecule has 1 aliphatic rings. The van der Waals surface area contributed by atoms with Crippen LogP contribution in [-0.2, 0) is 0 Å². The van der Waals surface area contributed by atoms with Gasteiger partial charge in [0, 0.05) is 23.9 Å². The Morgan fingerprint density at radius 3 is 2.20 bits per heavy atom. The molecule has 3 aromatic rings. The summed E-state index contributed by atoms with van der Waals surface area (Å²) in [6.07, 6.45) is 4.48. The number of benzene rings is 2. The topological polar surface area (TPSA) is 43.8 Å². The van der Waals surface area contributed by atoms with E-state index < -0.39 is 0 Å². The average molecular weight is 405 g/mol. The standard InChI is InChI=1S/C25H28N2O3/c1-28-22-9-5-19(6-10-22)21-7-11-23(26-18-21)20-8-12-24(25(17-20)29-2)30-16-15-27-13-3-4-14-27/h5-12,17-18H,3-4,13-16H2,1-2H3. The van der Waals surface area contributed by atoms with Gasteiger partial charge >= 0.3 is 0 Å². The van der Waals surface area contributed by atoms with Crippen LogP contribution in [0.3, 0.4) is 0 Å². The van der Waals surface area contributed by atoms with Gasteiger partial charge in [-0.25, -0.2) is 0 Å². The second kappa shape index (κ2) is 9.63. The molecule has 0 saturated carbocycles. The number of aromatic nitrogens is 1. The molecule has 0 aliphatic carbocycles. The Balaban J connectivity index is 1.44. The Morgan fingerprint density at radius 1 is 0.800 bits per heavy atom. The molecule has 1 saturated heterocycles. The van der Waals surface area contributed by atoms with Crippen molar-refractivity contribution in [2.45, 2.75) is 12.8 Å². The highest BCUT2D eigenvalue weighted by Gasteiger charge is 2.12. The lowest BCUT2D eigenvalue weighted by molar-refractivity contribution is 0.230. The zero-order chi connectivity index (χ0) is 20.8. The van der Waals surface area contributed by atoms with Gasteiger partial charge in [0.15, 0.2) is 11.5 Å². The molecule has 0 atom stereocenters. The van der Waals surface area contributed by atoms with Crippen LogP contribution in [0, 0.1) is 0 Å². The van der Waals surface area contributed by atoms with E-state index in [1.807, 2.05) is 54.7 Å². The van der Waals surface area contributed by atoms with Crippen LogP contribution < -0.4 is 14.2 Å². The second-order valence-corrected chi connectivity index (χ2v) is 7.42. The summed E-state index contributed by atoms with van der Waals surface area (Å²) in [7, 11) is 3.34. The molecule has 4 rings (SSSR count). The molecule has 30 heavy (non-hydrogen) atoms. The number of hydrogen-bond acceptors (Lipinski definition) is 5. The van der Waals surface area contributed by atoms with Crippen LogP contribution in [0.2, 0.25) is 0 Å². The van der Waals surface area contributed by atoms with E-state index in [2.05, 4.69) is 16.0 Å². The third-order valence-corrected chi connectivity index (χ3v) is 5.51. The van der Waals surface area contributed by atoms with E-state index in [-0.39, 0.29) is 0 Å². The maximum Gasteiger partial charge on any atom is 0.161 e. The van der Waals surface area contributed by atoms with Crippen LogP contribution in [0.5, 0.6) is 17.2 Å². The number of ether oxygens (including phenoxy) is 3. The van der Waals surface area contributed by atoms with Gasteiger partial charge in [-0.2, -0.15) is 0 Å². The monoisotopic (exact) mass is 404 g/mol. The molecule has 0 amide bonds. The molecule has 1 fully saturated rings. The van der Waals surface area contributed by atoms with Crippen molar-refractivity contribution in [3.05, 3.63) is 60.8 Å². The summed E-state index contributed by atoms with van der Waals surface area (Å²) in [4.78, 5) is 7.09. The van der Waals surface area contributed by atoms with Crippen LogP contribution >= 0.6 is 0 Å². The molecule has 0 N–H and O–H groups in total. The van der Waals surface area contributed by atoms with Gasteiger partial charge in [-0.3, -0.25) is 9.88 Å². The third-order valence-electron chi connectivity index (χ3n) is 5.51. The van der Waals surface area contributed by atoms with E-state index in [1.54, 1.807) is 14.2 Å². The van der Waals surface area contributed by atoms with Gasteiger partial charge in [-0.1, -0.05) is 18.2 Å². The molecule has 156 valence electrons. The maximum atomic E-state index is 5.98. The largest absolute Gasteiger partial charge is 0.497 e. The molecule has 1 aromatic heterocycles. The molecule has 5 heteroatoms. The van der Waals surface area contributed by atoms with Crippen molar-refractivity contribution in [1.29, 1.82) is 0 Å². The molecule has 0 radical (unpaired) electrons. The number of nitrogens with zero attached hydrogens (tertiary/aromatic N) is 2. The minimum absolute atomic E-state index is 0.671. The summed E-state index contributed by atoms with van der Waals surface area (Å²) in [6, 6.07) is 18.1. The van der Waals surface area contributed by atoms with Crippen molar-refractivity contribution in [2.75, 3.05) is 40.5 Å². The first kappa shape index (κ1) is 20.2. The highest BCUT2D eigenvalue weighted by Crippen LogP contribution is 2.32. The van der Waals surface area contributed by atoms with E-state index in [0.29, 0.717) is 6.61 Å². The van der Waals surface area contributed by atoms with Crippen LogP contribution in [0.15, 0.2) is 60.8 Å². The van der Waals surface area contributed by atoms with Gasteiger partial charge in [0.2, 0.25) is 0 Å². The van der Waals surface area contributed by atoms with Crippen molar-refractivity contribution < 1.29 is 14.2 Å². The summed E-state index contributed by atoms with van der Waals surface area (Å²) in [6.45, 7) is 3.99. The second-order valence-electron chi connectivity index (χ2n) is 7.42. The molecule has 2 heterocycles. The number of hydrogen-bond donors (Lipinski definition) is 0. The number of likely N-dealkylation sites (tertiary alicyclic amines) is 1. The van der Waals surface area contributed by atoms with E-state index in [9.17, 15) is 0 Å². The fraction of sp³-hybridized carbons (Fsp3) is 0.320. The first-order valence-corrected chi connectivity index (χ1v) is 10.4. The Bertz CT molecular complexity index is 949. The van der Waals surface area contributed by atoms with Gasteiger partial charge in [-0.15, -0.1) is 0 Å². The van der Waals surface area contributed by atoms with E-state index in [4.69, 9.17) is 14.2 Å². The Kier molecular flexibility index (Phi) is 6.50. The van der Waals surface area contributed by atoms with Crippen LogP contribution in [0.1, 0.15) is 12.8 Å². The lowest BCUT2D eigenvalue weighted by atomic mass is 10.1. The third kappa shape index (κ3) is 4.74. The summed E-state index contributed by atoms with van der Waals surface area (Å²) in [5.41, 5.74) is 4.07. The lowest BCUT2D eigenvalue weighted by Crippen LogP contribution is -2.25. The molecular weight excluding hydrogens is 376 g/mol. The van der Waals surface area contributed by atoms with Crippen LogP contribution in [0.4, 0.5) is 0 Å². The van der Waals surface area contributed by atoms with Crippen molar-refractivity contribution in [3.63, 3.8) is 0 Å². The fourth-order valence-corrected chi connectivity index (χ4v) is 3.76. The minimum atomic E-state index is 0.671. The first-order chi connectivity index (χ1) is 14.8. The molecule has 0 spiro atoms. The van der Waals surface area contributed by atoms with Gasteiger partial charge in [0.25, 0.3) is 0 Å². The van der Waals surface area contributed by atoms with Crippen molar-refractivity contribution in [1.82, 2.24) is 9.88 Å². The average Bonchev–Trinajstić information content (AvgIpc) is 3.33. The quantitative estimate of drug-likeness (QED) is 0.534.